The number of piperazine rings is 1. The summed E-state index contributed by atoms with van der Waals surface area (Å²) in [7, 11) is 2.06. The molecule has 2 heterocycles. The van der Waals surface area contributed by atoms with E-state index in [1.807, 2.05) is 35.2 Å². The normalized spacial score (nSPS) is 20.1. The van der Waals surface area contributed by atoms with Crippen molar-refractivity contribution in [2.24, 2.45) is 0 Å². The van der Waals surface area contributed by atoms with Gasteiger partial charge in [-0.05, 0) is 17.8 Å². The SMILES string of the molecule is CN1CCN(C(=O)c2nn[nH]n2)C(c2ccccc2)C1. The molecule has 1 saturated heterocycles. The zero-order chi connectivity index (χ0) is 13.9. The average Bonchev–Trinajstić information content (AvgIpc) is 3.02. The van der Waals surface area contributed by atoms with Crippen molar-refractivity contribution in [1.29, 1.82) is 0 Å². The molecule has 1 fully saturated rings. The predicted molar refractivity (Wildman–Crippen MR) is 71.9 cm³/mol. The van der Waals surface area contributed by atoms with Gasteiger partial charge in [-0.25, -0.2) is 0 Å². The largest absolute Gasteiger partial charge is 0.326 e. The van der Waals surface area contributed by atoms with Crippen molar-refractivity contribution < 1.29 is 4.79 Å². The summed E-state index contributed by atoms with van der Waals surface area (Å²) in [5, 5.41) is 13.4. The van der Waals surface area contributed by atoms with E-state index < -0.39 is 0 Å². The third kappa shape index (κ3) is 2.39. The first-order valence-electron chi connectivity index (χ1n) is 6.53. The molecule has 7 heteroatoms. The number of hydrogen-bond acceptors (Lipinski definition) is 5. The van der Waals surface area contributed by atoms with Gasteiger partial charge in [0.25, 0.3) is 11.7 Å². The molecule has 1 aromatic heterocycles. The van der Waals surface area contributed by atoms with Gasteiger partial charge in [-0.3, -0.25) is 4.79 Å². The molecule has 0 spiro atoms. The minimum atomic E-state index is -0.180. The lowest BCUT2D eigenvalue weighted by Gasteiger charge is -2.39. The molecule has 1 amide bonds. The molecule has 3 rings (SSSR count). The summed E-state index contributed by atoms with van der Waals surface area (Å²) in [6, 6.07) is 10.0. The summed E-state index contributed by atoms with van der Waals surface area (Å²) in [6.07, 6.45) is 0. The number of aromatic nitrogens is 4. The Balaban J connectivity index is 1.89. The van der Waals surface area contributed by atoms with Crippen LogP contribution >= 0.6 is 0 Å². The number of aromatic amines is 1. The molecule has 1 aliphatic heterocycles. The standard InChI is InChI=1S/C13H16N6O/c1-18-7-8-19(13(20)12-14-16-17-15-12)11(9-18)10-5-3-2-4-6-10/h2-6,11H,7-9H2,1H3,(H,14,15,16,17). The van der Waals surface area contributed by atoms with E-state index in [0.717, 1.165) is 18.7 Å². The Kier molecular flexibility index (Phi) is 3.42. The fourth-order valence-electron chi connectivity index (χ4n) is 2.50. The van der Waals surface area contributed by atoms with Crippen molar-refractivity contribution in [2.75, 3.05) is 26.7 Å². The lowest BCUT2D eigenvalue weighted by atomic mass is 10.0. The molecule has 1 atom stereocenters. The average molecular weight is 272 g/mol. The monoisotopic (exact) mass is 272 g/mol. The highest BCUT2D eigenvalue weighted by Crippen LogP contribution is 2.25. The Morgan fingerprint density at radius 3 is 2.80 bits per heavy atom. The van der Waals surface area contributed by atoms with Crippen LogP contribution in [0.2, 0.25) is 0 Å². The molecule has 1 aliphatic rings. The van der Waals surface area contributed by atoms with Crippen LogP contribution in [0, 0.1) is 0 Å². The first kappa shape index (κ1) is 12.7. The van der Waals surface area contributed by atoms with E-state index in [1.54, 1.807) is 0 Å². The van der Waals surface area contributed by atoms with Gasteiger partial charge in [-0.1, -0.05) is 30.3 Å². The van der Waals surface area contributed by atoms with Crippen LogP contribution in [0.5, 0.6) is 0 Å². The van der Waals surface area contributed by atoms with Gasteiger partial charge >= 0.3 is 0 Å². The van der Waals surface area contributed by atoms with Gasteiger partial charge in [0.15, 0.2) is 0 Å². The van der Waals surface area contributed by atoms with Crippen LogP contribution in [0.4, 0.5) is 0 Å². The summed E-state index contributed by atoms with van der Waals surface area (Å²) < 4.78 is 0. The number of nitrogens with zero attached hydrogens (tertiary/aromatic N) is 5. The number of nitrogens with one attached hydrogen (secondary N) is 1. The molecule has 1 unspecified atom stereocenters. The summed E-state index contributed by atoms with van der Waals surface area (Å²) in [5.41, 5.74) is 1.12. The summed E-state index contributed by atoms with van der Waals surface area (Å²) >= 11 is 0. The number of carbonyl (C=O) groups is 1. The molecule has 7 nitrogen and oxygen atoms in total. The Morgan fingerprint density at radius 2 is 2.10 bits per heavy atom. The quantitative estimate of drug-likeness (QED) is 0.852. The van der Waals surface area contributed by atoms with Gasteiger partial charge in [0.05, 0.1) is 6.04 Å². The Morgan fingerprint density at radius 1 is 1.30 bits per heavy atom. The number of rotatable bonds is 2. The van der Waals surface area contributed by atoms with Crippen molar-refractivity contribution in [2.45, 2.75) is 6.04 Å². The zero-order valence-corrected chi connectivity index (χ0v) is 11.2. The smallest absolute Gasteiger partial charge is 0.296 e. The van der Waals surface area contributed by atoms with E-state index in [1.165, 1.54) is 0 Å². The fourth-order valence-corrected chi connectivity index (χ4v) is 2.50. The topological polar surface area (TPSA) is 78.0 Å². The second-order valence-corrected chi connectivity index (χ2v) is 4.92. The zero-order valence-electron chi connectivity index (χ0n) is 11.2. The van der Waals surface area contributed by atoms with Crippen LogP contribution in [0.1, 0.15) is 22.2 Å². The molecule has 0 saturated carbocycles. The number of tetrazole rings is 1. The first-order valence-corrected chi connectivity index (χ1v) is 6.53. The predicted octanol–water partition coefficient (Wildman–Crippen LogP) is 0.329. The van der Waals surface area contributed by atoms with Crippen LogP contribution in [0.3, 0.4) is 0 Å². The maximum Gasteiger partial charge on any atom is 0.296 e. The van der Waals surface area contributed by atoms with Gasteiger partial charge < -0.3 is 9.80 Å². The summed E-state index contributed by atoms with van der Waals surface area (Å²) in [5.74, 6) is -0.0591. The van der Waals surface area contributed by atoms with E-state index in [0.29, 0.717) is 6.54 Å². The van der Waals surface area contributed by atoms with Crippen molar-refractivity contribution in [3.8, 4) is 0 Å². The molecule has 0 aliphatic carbocycles. The summed E-state index contributed by atoms with van der Waals surface area (Å²) in [6.45, 7) is 2.30. The van der Waals surface area contributed by atoms with Crippen LogP contribution in [-0.4, -0.2) is 63.0 Å². The first-order chi connectivity index (χ1) is 9.75. The Bertz CT molecular complexity index is 570. The van der Waals surface area contributed by atoms with Crippen molar-refractivity contribution >= 4 is 5.91 Å². The van der Waals surface area contributed by atoms with Crippen molar-refractivity contribution in [3.63, 3.8) is 0 Å². The Labute approximate surface area is 116 Å². The number of H-pyrrole nitrogens is 1. The van der Waals surface area contributed by atoms with Crippen molar-refractivity contribution in [3.05, 3.63) is 41.7 Å². The van der Waals surface area contributed by atoms with Gasteiger partial charge in [-0.2, -0.15) is 5.21 Å². The van der Waals surface area contributed by atoms with Crippen molar-refractivity contribution in [1.82, 2.24) is 30.4 Å². The molecule has 1 aromatic carbocycles. The number of likely N-dealkylation sites (N-methyl/N-ethyl adjacent to an activating group) is 1. The molecule has 104 valence electrons. The summed E-state index contributed by atoms with van der Waals surface area (Å²) in [4.78, 5) is 16.5. The van der Waals surface area contributed by atoms with E-state index in [-0.39, 0.29) is 17.8 Å². The van der Waals surface area contributed by atoms with Gasteiger partial charge in [0.2, 0.25) is 0 Å². The van der Waals surface area contributed by atoms with Gasteiger partial charge in [-0.15, -0.1) is 10.2 Å². The molecule has 2 aromatic rings. The molecular formula is C13H16N6O. The third-order valence-corrected chi connectivity index (χ3v) is 3.57. The molecule has 20 heavy (non-hydrogen) atoms. The van der Waals surface area contributed by atoms with Gasteiger partial charge in [0.1, 0.15) is 0 Å². The van der Waals surface area contributed by atoms with Crippen LogP contribution in [0.15, 0.2) is 30.3 Å². The minimum Gasteiger partial charge on any atom is -0.326 e. The maximum atomic E-state index is 12.5. The van der Waals surface area contributed by atoms with Crippen LogP contribution in [0.25, 0.3) is 0 Å². The minimum absolute atomic E-state index is 0.0148. The Hall–Kier alpha value is -2.28. The van der Waals surface area contributed by atoms with Crippen LogP contribution in [-0.2, 0) is 0 Å². The third-order valence-electron chi connectivity index (χ3n) is 3.57. The number of amides is 1. The lowest BCUT2D eigenvalue weighted by molar-refractivity contribution is 0.0486. The second-order valence-electron chi connectivity index (χ2n) is 4.92. The number of benzene rings is 1. The highest BCUT2D eigenvalue weighted by molar-refractivity contribution is 5.90. The second kappa shape index (κ2) is 5.38. The number of carbonyl (C=O) groups excluding carboxylic acids is 1. The number of hydrogen-bond donors (Lipinski definition) is 1. The molecule has 0 bridgehead atoms. The lowest BCUT2D eigenvalue weighted by Crippen LogP contribution is -2.49. The van der Waals surface area contributed by atoms with E-state index in [4.69, 9.17) is 0 Å². The highest BCUT2D eigenvalue weighted by atomic mass is 16.2. The maximum absolute atomic E-state index is 12.5. The van der Waals surface area contributed by atoms with Crippen LogP contribution < -0.4 is 0 Å². The molecule has 1 N–H and O–H groups in total. The van der Waals surface area contributed by atoms with E-state index in [9.17, 15) is 4.79 Å². The molecular weight excluding hydrogens is 256 g/mol. The van der Waals surface area contributed by atoms with E-state index >= 15 is 0 Å². The fraction of sp³-hybridized carbons (Fsp3) is 0.385. The van der Waals surface area contributed by atoms with Gasteiger partial charge in [0, 0.05) is 19.6 Å². The highest BCUT2D eigenvalue weighted by Gasteiger charge is 2.32. The van der Waals surface area contributed by atoms with E-state index in [2.05, 4.69) is 32.6 Å². The molecule has 0 radical (unpaired) electrons.